The van der Waals surface area contributed by atoms with Crippen molar-refractivity contribution >= 4 is 5.97 Å². The van der Waals surface area contributed by atoms with Gasteiger partial charge in [-0.25, -0.2) is 0 Å². The van der Waals surface area contributed by atoms with Gasteiger partial charge in [0.05, 0.1) is 0 Å². The van der Waals surface area contributed by atoms with Crippen LogP contribution in [0, 0.1) is 0 Å². The number of carboxylic acid groups (broad SMARTS) is 1. The Hall–Kier alpha value is -0.570. The zero-order valence-corrected chi connectivity index (χ0v) is 9.88. The molecule has 3 heteroatoms. The van der Waals surface area contributed by atoms with Crippen molar-refractivity contribution in [3.63, 3.8) is 0 Å². The van der Waals surface area contributed by atoms with E-state index in [1.54, 1.807) is 0 Å². The predicted molar refractivity (Wildman–Crippen MR) is 61.0 cm³/mol. The minimum Gasteiger partial charge on any atom is -0.480 e. The highest BCUT2D eigenvalue weighted by Crippen LogP contribution is 2.23. The van der Waals surface area contributed by atoms with Crippen LogP contribution in [0.2, 0.25) is 0 Å². The van der Waals surface area contributed by atoms with Crippen LogP contribution >= 0.6 is 0 Å². The minimum atomic E-state index is -0.696. The maximum atomic E-state index is 11.3. The van der Waals surface area contributed by atoms with Crippen LogP contribution in [-0.2, 0) is 4.79 Å². The zero-order valence-electron chi connectivity index (χ0n) is 9.88. The SMILES string of the molecule is CCC(CC)(NC1CCCCC1)C(=O)O. The van der Waals surface area contributed by atoms with Gasteiger partial charge in [-0.2, -0.15) is 0 Å². The van der Waals surface area contributed by atoms with Crippen molar-refractivity contribution in [1.82, 2.24) is 5.32 Å². The van der Waals surface area contributed by atoms with Gasteiger partial charge >= 0.3 is 5.97 Å². The van der Waals surface area contributed by atoms with Crippen LogP contribution in [0.1, 0.15) is 58.8 Å². The molecule has 0 aromatic heterocycles. The van der Waals surface area contributed by atoms with E-state index in [0.717, 1.165) is 12.8 Å². The first kappa shape index (κ1) is 12.5. The molecule has 0 unspecified atom stereocenters. The van der Waals surface area contributed by atoms with Gasteiger partial charge in [0.25, 0.3) is 0 Å². The highest BCUT2D eigenvalue weighted by Gasteiger charge is 2.36. The van der Waals surface area contributed by atoms with Gasteiger partial charge in [-0.3, -0.25) is 10.1 Å². The molecule has 88 valence electrons. The lowest BCUT2D eigenvalue weighted by Crippen LogP contribution is -2.55. The molecule has 1 saturated carbocycles. The highest BCUT2D eigenvalue weighted by atomic mass is 16.4. The fraction of sp³-hybridized carbons (Fsp3) is 0.917. The quantitative estimate of drug-likeness (QED) is 0.738. The molecule has 0 aliphatic heterocycles. The number of aliphatic carboxylic acids is 1. The molecule has 0 spiro atoms. The lowest BCUT2D eigenvalue weighted by Gasteiger charge is -2.35. The average Bonchev–Trinajstić information content (AvgIpc) is 2.27. The van der Waals surface area contributed by atoms with Gasteiger partial charge in [0, 0.05) is 6.04 Å². The Kier molecular flexibility index (Phi) is 4.58. The van der Waals surface area contributed by atoms with E-state index in [1.807, 2.05) is 13.8 Å². The first-order valence-electron chi connectivity index (χ1n) is 6.15. The summed E-state index contributed by atoms with van der Waals surface area (Å²) in [7, 11) is 0. The molecule has 2 N–H and O–H groups in total. The zero-order chi connectivity index (χ0) is 11.3. The van der Waals surface area contributed by atoms with Crippen LogP contribution in [0.5, 0.6) is 0 Å². The summed E-state index contributed by atoms with van der Waals surface area (Å²) < 4.78 is 0. The van der Waals surface area contributed by atoms with Gasteiger partial charge in [0.2, 0.25) is 0 Å². The topological polar surface area (TPSA) is 49.3 Å². The summed E-state index contributed by atoms with van der Waals surface area (Å²) >= 11 is 0. The van der Waals surface area contributed by atoms with Gasteiger partial charge in [-0.1, -0.05) is 33.1 Å². The maximum Gasteiger partial charge on any atom is 0.323 e. The molecule has 1 fully saturated rings. The molecule has 3 nitrogen and oxygen atoms in total. The van der Waals surface area contributed by atoms with Crippen molar-refractivity contribution in [2.75, 3.05) is 0 Å². The molecular formula is C12H23NO2. The van der Waals surface area contributed by atoms with Crippen LogP contribution in [-0.4, -0.2) is 22.7 Å². The second kappa shape index (κ2) is 5.50. The molecule has 1 rings (SSSR count). The van der Waals surface area contributed by atoms with E-state index >= 15 is 0 Å². The fourth-order valence-corrected chi connectivity index (χ4v) is 2.46. The van der Waals surface area contributed by atoms with Crippen LogP contribution in [0.25, 0.3) is 0 Å². The van der Waals surface area contributed by atoms with Crippen LogP contribution in [0.4, 0.5) is 0 Å². The van der Waals surface area contributed by atoms with Crippen molar-refractivity contribution < 1.29 is 9.90 Å². The molecule has 15 heavy (non-hydrogen) atoms. The van der Waals surface area contributed by atoms with E-state index in [0.29, 0.717) is 18.9 Å². The van der Waals surface area contributed by atoms with E-state index in [2.05, 4.69) is 5.32 Å². The van der Waals surface area contributed by atoms with Crippen molar-refractivity contribution in [3.05, 3.63) is 0 Å². The predicted octanol–water partition coefficient (Wildman–Crippen LogP) is 2.55. The van der Waals surface area contributed by atoms with Gasteiger partial charge in [-0.15, -0.1) is 0 Å². The van der Waals surface area contributed by atoms with Gasteiger partial charge in [0.1, 0.15) is 5.54 Å². The Labute approximate surface area is 92.3 Å². The molecular weight excluding hydrogens is 190 g/mol. The normalized spacial score (nSPS) is 19.1. The molecule has 0 saturated heterocycles. The molecule has 1 aliphatic carbocycles. The van der Waals surface area contributed by atoms with E-state index in [1.165, 1.54) is 19.3 Å². The second-order valence-electron chi connectivity index (χ2n) is 4.57. The molecule has 1 aliphatic rings. The minimum absolute atomic E-state index is 0.412. The number of carbonyl (C=O) groups is 1. The number of rotatable bonds is 5. The van der Waals surface area contributed by atoms with Crippen molar-refractivity contribution in [2.24, 2.45) is 0 Å². The van der Waals surface area contributed by atoms with E-state index in [9.17, 15) is 9.90 Å². The summed E-state index contributed by atoms with van der Waals surface area (Å²) in [6, 6.07) is 0.412. The van der Waals surface area contributed by atoms with Crippen LogP contribution in [0.3, 0.4) is 0 Å². The van der Waals surface area contributed by atoms with Crippen molar-refractivity contribution in [2.45, 2.75) is 70.4 Å². The van der Waals surface area contributed by atoms with E-state index < -0.39 is 11.5 Å². The Morgan fingerprint density at radius 2 is 1.80 bits per heavy atom. The summed E-state index contributed by atoms with van der Waals surface area (Å²) in [4.78, 5) is 11.3. The molecule has 0 atom stereocenters. The Balaban J connectivity index is 2.60. The third kappa shape index (κ3) is 2.94. The lowest BCUT2D eigenvalue weighted by atomic mass is 9.88. The average molecular weight is 213 g/mol. The Bertz CT molecular complexity index is 206. The smallest absolute Gasteiger partial charge is 0.323 e. The monoisotopic (exact) mass is 213 g/mol. The molecule has 0 aromatic rings. The molecule has 0 bridgehead atoms. The third-order valence-corrected chi connectivity index (χ3v) is 3.70. The number of hydrogen-bond acceptors (Lipinski definition) is 2. The van der Waals surface area contributed by atoms with Gasteiger partial charge in [-0.05, 0) is 25.7 Å². The number of hydrogen-bond donors (Lipinski definition) is 2. The first-order valence-corrected chi connectivity index (χ1v) is 6.15. The van der Waals surface area contributed by atoms with Crippen LogP contribution < -0.4 is 5.32 Å². The summed E-state index contributed by atoms with van der Waals surface area (Å²) in [5.74, 6) is -0.696. The molecule has 0 amide bonds. The van der Waals surface area contributed by atoms with Gasteiger partial charge in [0.15, 0.2) is 0 Å². The van der Waals surface area contributed by atoms with E-state index in [4.69, 9.17) is 0 Å². The number of carboxylic acids is 1. The summed E-state index contributed by atoms with van der Waals surface area (Å²) in [5, 5.41) is 12.7. The second-order valence-corrected chi connectivity index (χ2v) is 4.57. The fourth-order valence-electron chi connectivity index (χ4n) is 2.46. The summed E-state index contributed by atoms with van der Waals surface area (Å²) in [6.45, 7) is 3.90. The maximum absolute atomic E-state index is 11.3. The molecule has 0 radical (unpaired) electrons. The largest absolute Gasteiger partial charge is 0.480 e. The molecule has 0 heterocycles. The van der Waals surface area contributed by atoms with E-state index in [-0.39, 0.29) is 0 Å². The highest BCUT2D eigenvalue weighted by molar-refractivity contribution is 5.78. The summed E-state index contributed by atoms with van der Waals surface area (Å²) in [5.41, 5.74) is -0.692. The number of nitrogens with one attached hydrogen (secondary N) is 1. The summed E-state index contributed by atoms with van der Waals surface area (Å²) in [6.07, 6.45) is 7.37. The van der Waals surface area contributed by atoms with Crippen molar-refractivity contribution in [1.29, 1.82) is 0 Å². The third-order valence-electron chi connectivity index (χ3n) is 3.70. The Morgan fingerprint density at radius 1 is 1.27 bits per heavy atom. The lowest BCUT2D eigenvalue weighted by molar-refractivity contribution is -0.145. The van der Waals surface area contributed by atoms with Gasteiger partial charge < -0.3 is 5.11 Å². The standard InChI is InChI=1S/C12H23NO2/c1-3-12(4-2,11(14)15)13-10-8-6-5-7-9-10/h10,13H,3-9H2,1-2H3,(H,14,15). The molecule has 0 aromatic carbocycles. The van der Waals surface area contributed by atoms with Crippen molar-refractivity contribution in [3.8, 4) is 0 Å². The first-order chi connectivity index (χ1) is 7.14. The van der Waals surface area contributed by atoms with Crippen LogP contribution in [0.15, 0.2) is 0 Å². The Morgan fingerprint density at radius 3 is 2.20 bits per heavy atom.